The van der Waals surface area contributed by atoms with Gasteiger partial charge in [-0.3, -0.25) is 10.1 Å². The second-order valence-corrected chi connectivity index (χ2v) is 7.77. The quantitative estimate of drug-likeness (QED) is 0.398. The molecule has 0 spiro atoms. The fraction of sp³-hybridized carbons (Fsp3) is 0.0769. The third-order valence-corrected chi connectivity index (χ3v) is 5.39. The molecule has 0 fully saturated rings. The summed E-state index contributed by atoms with van der Waals surface area (Å²) in [6.45, 7) is 2.19. The van der Waals surface area contributed by atoms with Crippen LogP contribution in [0.1, 0.15) is 21.6 Å². The highest BCUT2D eigenvalue weighted by atomic mass is 19.1. The molecule has 0 aliphatic rings. The third kappa shape index (κ3) is 4.33. The van der Waals surface area contributed by atoms with Crippen LogP contribution in [-0.4, -0.2) is 30.5 Å². The van der Waals surface area contributed by atoms with Crippen LogP contribution in [-0.2, 0) is 6.54 Å². The lowest BCUT2D eigenvalue weighted by Crippen LogP contribution is -2.15. The van der Waals surface area contributed by atoms with Gasteiger partial charge in [0.15, 0.2) is 0 Å². The number of benzene rings is 3. The third-order valence-electron chi connectivity index (χ3n) is 5.39. The Labute approximate surface area is 195 Å². The van der Waals surface area contributed by atoms with E-state index in [-0.39, 0.29) is 17.7 Å². The van der Waals surface area contributed by atoms with Gasteiger partial charge in [0.2, 0.25) is 5.95 Å². The standard InChI is InChI=1S/C26H21FN6O/c1-18-23(24(20-10-4-2-5-11-20)30-33(18)22-13-6-3-7-14-22)25(34)29-26-28-17-32(31-26)16-19-9-8-12-21(27)15-19/h2-15,17H,16H2,1H3,(H,29,31,34). The molecule has 0 radical (unpaired) electrons. The summed E-state index contributed by atoms with van der Waals surface area (Å²) in [5.74, 6) is -0.514. The van der Waals surface area contributed by atoms with E-state index in [0.717, 1.165) is 16.8 Å². The van der Waals surface area contributed by atoms with E-state index in [9.17, 15) is 9.18 Å². The fourth-order valence-corrected chi connectivity index (χ4v) is 3.81. The topological polar surface area (TPSA) is 77.6 Å². The van der Waals surface area contributed by atoms with E-state index in [1.54, 1.807) is 21.5 Å². The highest BCUT2D eigenvalue weighted by Gasteiger charge is 2.24. The number of aromatic nitrogens is 5. The van der Waals surface area contributed by atoms with E-state index < -0.39 is 0 Å². The van der Waals surface area contributed by atoms with Crippen LogP contribution < -0.4 is 5.32 Å². The minimum atomic E-state index is -0.359. The number of rotatable bonds is 6. The molecule has 2 heterocycles. The van der Waals surface area contributed by atoms with Gasteiger partial charge in [0.25, 0.3) is 5.91 Å². The molecular weight excluding hydrogens is 431 g/mol. The summed E-state index contributed by atoms with van der Waals surface area (Å²) in [5.41, 5.74) is 4.13. The number of amides is 1. The summed E-state index contributed by atoms with van der Waals surface area (Å²) in [4.78, 5) is 17.6. The Morgan fingerprint density at radius 3 is 2.41 bits per heavy atom. The van der Waals surface area contributed by atoms with Crippen LogP contribution in [0.25, 0.3) is 16.9 Å². The van der Waals surface area contributed by atoms with E-state index >= 15 is 0 Å². The molecule has 0 unspecified atom stereocenters. The number of hydrogen-bond acceptors (Lipinski definition) is 4. The second kappa shape index (κ2) is 9.11. The molecule has 8 heteroatoms. The molecule has 168 valence electrons. The van der Waals surface area contributed by atoms with Gasteiger partial charge in [-0.2, -0.15) is 5.10 Å². The van der Waals surface area contributed by atoms with Gasteiger partial charge in [-0.15, -0.1) is 5.10 Å². The van der Waals surface area contributed by atoms with Crippen LogP contribution in [0.2, 0.25) is 0 Å². The summed E-state index contributed by atoms with van der Waals surface area (Å²) >= 11 is 0. The van der Waals surface area contributed by atoms with Crippen molar-refractivity contribution in [2.45, 2.75) is 13.5 Å². The van der Waals surface area contributed by atoms with Crippen molar-refractivity contribution in [3.05, 3.63) is 114 Å². The van der Waals surface area contributed by atoms with Crippen molar-refractivity contribution in [1.29, 1.82) is 0 Å². The van der Waals surface area contributed by atoms with Crippen molar-refractivity contribution in [2.24, 2.45) is 0 Å². The molecule has 0 aliphatic heterocycles. The first-order valence-electron chi connectivity index (χ1n) is 10.7. The van der Waals surface area contributed by atoms with Gasteiger partial charge in [-0.05, 0) is 36.8 Å². The molecule has 5 rings (SSSR count). The van der Waals surface area contributed by atoms with Crippen LogP contribution >= 0.6 is 0 Å². The lowest BCUT2D eigenvalue weighted by molar-refractivity contribution is 0.102. The Hall–Kier alpha value is -4.59. The van der Waals surface area contributed by atoms with E-state index in [0.29, 0.717) is 23.5 Å². The van der Waals surface area contributed by atoms with Crippen LogP contribution in [0, 0.1) is 12.7 Å². The Bertz CT molecular complexity index is 1440. The van der Waals surface area contributed by atoms with Gasteiger partial charge in [0, 0.05) is 5.56 Å². The number of anilines is 1. The first-order valence-corrected chi connectivity index (χ1v) is 10.7. The lowest BCUT2D eigenvalue weighted by atomic mass is 10.1. The largest absolute Gasteiger partial charge is 0.289 e. The monoisotopic (exact) mass is 452 g/mol. The summed E-state index contributed by atoms with van der Waals surface area (Å²) in [7, 11) is 0. The number of hydrogen-bond donors (Lipinski definition) is 1. The van der Waals surface area contributed by atoms with Gasteiger partial charge < -0.3 is 0 Å². The molecule has 34 heavy (non-hydrogen) atoms. The Balaban J connectivity index is 1.46. The van der Waals surface area contributed by atoms with Crippen molar-refractivity contribution >= 4 is 11.9 Å². The van der Waals surface area contributed by atoms with Crippen molar-refractivity contribution < 1.29 is 9.18 Å². The highest BCUT2D eigenvalue weighted by molar-refractivity contribution is 6.08. The number of nitrogens with zero attached hydrogens (tertiary/aromatic N) is 5. The Kier molecular flexibility index (Phi) is 5.70. The van der Waals surface area contributed by atoms with Crippen molar-refractivity contribution in [2.75, 3.05) is 5.32 Å². The van der Waals surface area contributed by atoms with Crippen molar-refractivity contribution in [3.63, 3.8) is 0 Å². The second-order valence-electron chi connectivity index (χ2n) is 7.77. The normalized spacial score (nSPS) is 10.9. The van der Waals surface area contributed by atoms with Gasteiger partial charge >= 0.3 is 0 Å². The van der Waals surface area contributed by atoms with Gasteiger partial charge in [-0.1, -0.05) is 60.7 Å². The fourth-order valence-electron chi connectivity index (χ4n) is 3.81. The van der Waals surface area contributed by atoms with Gasteiger partial charge in [0.1, 0.15) is 17.8 Å². The molecule has 5 aromatic rings. The smallest absolute Gasteiger partial charge is 0.262 e. The molecule has 2 aromatic heterocycles. The van der Waals surface area contributed by atoms with Crippen LogP contribution in [0.15, 0.2) is 91.3 Å². The molecule has 3 aromatic carbocycles. The summed E-state index contributed by atoms with van der Waals surface area (Å²) in [6.07, 6.45) is 1.50. The maximum Gasteiger partial charge on any atom is 0.262 e. The molecule has 7 nitrogen and oxygen atoms in total. The number of nitrogens with one attached hydrogen (secondary N) is 1. The summed E-state index contributed by atoms with van der Waals surface area (Å²) in [6, 6.07) is 25.5. The van der Waals surface area contributed by atoms with Gasteiger partial charge in [0.05, 0.1) is 23.5 Å². The molecule has 1 N–H and O–H groups in total. The van der Waals surface area contributed by atoms with E-state index in [1.807, 2.05) is 67.6 Å². The average Bonchev–Trinajstić information content (AvgIpc) is 3.43. The minimum absolute atomic E-state index is 0.160. The number of halogens is 1. The molecule has 0 atom stereocenters. The summed E-state index contributed by atoms with van der Waals surface area (Å²) < 4.78 is 16.8. The first kappa shape index (κ1) is 21.3. The first-order chi connectivity index (χ1) is 16.6. The molecule has 1 amide bonds. The number of carbonyl (C=O) groups excluding carboxylic acids is 1. The SMILES string of the molecule is Cc1c(C(=O)Nc2ncn(Cc3cccc(F)c3)n2)c(-c2ccccc2)nn1-c1ccccc1. The van der Waals surface area contributed by atoms with Crippen LogP contribution in [0.5, 0.6) is 0 Å². The molecule has 0 saturated carbocycles. The zero-order valence-electron chi connectivity index (χ0n) is 18.4. The Morgan fingerprint density at radius 1 is 0.941 bits per heavy atom. The molecular formula is C26H21FN6O. The van der Waals surface area contributed by atoms with Crippen molar-refractivity contribution in [1.82, 2.24) is 24.5 Å². The van der Waals surface area contributed by atoms with Gasteiger partial charge in [-0.25, -0.2) is 18.7 Å². The molecule has 0 saturated heterocycles. The molecule has 0 aliphatic carbocycles. The van der Waals surface area contributed by atoms with Crippen LogP contribution in [0.3, 0.4) is 0 Å². The predicted octanol–water partition coefficient (Wildman–Crippen LogP) is 4.88. The lowest BCUT2D eigenvalue weighted by Gasteiger charge is -2.05. The Morgan fingerprint density at radius 2 is 1.68 bits per heavy atom. The molecule has 0 bridgehead atoms. The number of para-hydroxylation sites is 1. The zero-order chi connectivity index (χ0) is 23.5. The predicted molar refractivity (Wildman–Crippen MR) is 127 cm³/mol. The van der Waals surface area contributed by atoms with E-state index in [4.69, 9.17) is 5.10 Å². The van der Waals surface area contributed by atoms with Crippen LogP contribution in [0.4, 0.5) is 10.3 Å². The van der Waals surface area contributed by atoms with E-state index in [1.165, 1.54) is 18.5 Å². The minimum Gasteiger partial charge on any atom is -0.289 e. The number of carbonyl (C=O) groups is 1. The summed E-state index contributed by atoms with van der Waals surface area (Å²) in [5, 5.41) is 11.9. The van der Waals surface area contributed by atoms with Crippen molar-refractivity contribution in [3.8, 4) is 16.9 Å². The maximum atomic E-state index is 13.5. The highest BCUT2D eigenvalue weighted by Crippen LogP contribution is 2.27. The average molecular weight is 452 g/mol. The zero-order valence-corrected chi connectivity index (χ0v) is 18.4. The van der Waals surface area contributed by atoms with E-state index in [2.05, 4.69) is 15.4 Å². The maximum absolute atomic E-state index is 13.5.